The zero-order chi connectivity index (χ0) is 17.5. The first kappa shape index (κ1) is 17.6. The van der Waals surface area contributed by atoms with Gasteiger partial charge < -0.3 is 5.32 Å². The number of halogens is 1. The summed E-state index contributed by atoms with van der Waals surface area (Å²) < 4.78 is 0. The highest BCUT2D eigenvalue weighted by Crippen LogP contribution is 2.16. The van der Waals surface area contributed by atoms with Gasteiger partial charge in [-0.2, -0.15) is 0 Å². The lowest BCUT2D eigenvalue weighted by Gasteiger charge is -2.07. The highest BCUT2D eigenvalue weighted by Gasteiger charge is 2.07. The molecule has 2 rings (SSSR count). The number of nitro benzene ring substituents is 1. The first-order chi connectivity index (χ1) is 11.4. The molecule has 0 aromatic heterocycles. The summed E-state index contributed by atoms with van der Waals surface area (Å²) in [6.45, 7) is 0. The second-order valence-corrected chi connectivity index (χ2v) is 5.48. The van der Waals surface area contributed by atoms with Gasteiger partial charge in [0, 0.05) is 28.9 Å². The molecular weight excluding hydrogens is 350 g/mol. The van der Waals surface area contributed by atoms with Crippen molar-refractivity contribution in [2.24, 2.45) is 0 Å². The number of non-ortho nitro benzene ring substituents is 1. The molecule has 0 aliphatic carbocycles. The van der Waals surface area contributed by atoms with Gasteiger partial charge in [0.2, 0.25) is 5.91 Å². The van der Waals surface area contributed by atoms with Crippen molar-refractivity contribution in [1.82, 2.24) is 5.32 Å². The average Bonchev–Trinajstić information content (AvgIpc) is 2.54. The number of hydrogen-bond donors (Lipinski definition) is 2. The largest absolute Gasteiger partial charge is 0.332 e. The molecule has 0 fully saturated rings. The fraction of sp³-hybridized carbons (Fsp3) is 0. The molecule has 2 aromatic carbocycles. The highest BCUT2D eigenvalue weighted by atomic mass is 35.5. The molecule has 0 atom stereocenters. The number of benzene rings is 2. The maximum Gasteiger partial charge on any atom is 0.271 e. The zero-order valence-electron chi connectivity index (χ0n) is 12.2. The van der Waals surface area contributed by atoms with Crippen LogP contribution in [0.15, 0.2) is 54.6 Å². The van der Waals surface area contributed by atoms with Gasteiger partial charge in [-0.3, -0.25) is 20.2 Å². The number of anilines is 1. The highest BCUT2D eigenvalue weighted by molar-refractivity contribution is 7.80. The summed E-state index contributed by atoms with van der Waals surface area (Å²) in [6, 6.07) is 12.8. The van der Waals surface area contributed by atoms with Crippen molar-refractivity contribution in [3.8, 4) is 0 Å². The lowest BCUT2D eigenvalue weighted by molar-refractivity contribution is -0.384. The normalized spacial score (nSPS) is 10.4. The van der Waals surface area contributed by atoms with E-state index in [2.05, 4.69) is 10.6 Å². The van der Waals surface area contributed by atoms with Crippen LogP contribution < -0.4 is 10.6 Å². The number of carbonyl (C=O) groups excluding carboxylic acids is 1. The molecule has 0 heterocycles. The Bertz CT molecular complexity index is 806. The Balaban J connectivity index is 1.92. The number of rotatable bonds is 4. The molecule has 1 amide bonds. The van der Waals surface area contributed by atoms with Crippen molar-refractivity contribution in [1.29, 1.82) is 0 Å². The van der Waals surface area contributed by atoms with E-state index >= 15 is 0 Å². The molecule has 0 saturated heterocycles. The lowest BCUT2D eigenvalue weighted by Crippen LogP contribution is -2.32. The minimum atomic E-state index is -0.512. The third-order valence-electron chi connectivity index (χ3n) is 2.85. The van der Waals surface area contributed by atoms with Gasteiger partial charge in [-0.1, -0.05) is 29.8 Å². The van der Waals surface area contributed by atoms with Crippen LogP contribution in [-0.2, 0) is 4.79 Å². The van der Waals surface area contributed by atoms with Gasteiger partial charge in [-0.15, -0.1) is 0 Å². The quantitative estimate of drug-likeness (QED) is 0.375. The van der Waals surface area contributed by atoms with Gasteiger partial charge in [-0.05, 0) is 42.1 Å². The molecule has 2 N–H and O–H groups in total. The first-order valence-electron chi connectivity index (χ1n) is 6.74. The summed E-state index contributed by atoms with van der Waals surface area (Å²) >= 11 is 10.8. The van der Waals surface area contributed by atoms with Crippen LogP contribution in [-0.4, -0.2) is 15.9 Å². The molecule has 24 heavy (non-hydrogen) atoms. The van der Waals surface area contributed by atoms with Gasteiger partial charge in [0.05, 0.1) is 4.92 Å². The Labute approximate surface area is 148 Å². The van der Waals surface area contributed by atoms with Crippen LogP contribution in [0, 0.1) is 10.1 Å². The van der Waals surface area contributed by atoms with Crippen molar-refractivity contribution < 1.29 is 9.72 Å². The number of nitrogens with zero attached hydrogens (tertiary/aromatic N) is 1. The molecule has 0 radical (unpaired) electrons. The van der Waals surface area contributed by atoms with E-state index < -0.39 is 10.8 Å². The topological polar surface area (TPSA) is 84.3 Å². The molecule has 0 unspecified atom stereocenters. The minimum absolute atomic E-state index is 0.0428. The molecule has 0 aliphatic rings. The van der Waals surface area contributed by atoms with Gasteiger partial charge in [0.1, 0.15) is 0 Å². The Morgan fingerprint density at radius 1 is 1.21 bits per heavy atom. The third-order valence-corrected chi connectivity index (χ3v) is 3.30. The number of nitrogens with one attached hydrogen (secondary N) is 2. The van der Waals surface area contributed by atoms with Gasteiger partial charge in [0.15, 0.2) is 5.11 Å². The van der Waals surface area contributed by atoms with E-state index in [-0.39, 0.29) is 10.8 Å². The zero-order valence-corrected chi connectivity index (χ0v) is 13.8. The molecule has 8 heteroatoms. The fourth-order valence-electron chi connectivity index (χ4n) is 1.76. The van der Waals surface area contributed by atoms with Crippen LogP contribution in [0.25, 0.3) is 6.08 Å². The first-order valence-corrected chi connectivity index (χ1v) is 7.53. The molecule has 2 aromatic rings. The number of hydrogen-bond acceptors (Lipinski definition) is 4. The second-order valence-electron chi connectivity index (χ2n) is 4.64. The van der Waals surface area contributed by atoms with Crippen LogP contribution in [0.4, 0.5) is 11.4 Å². The monoisotopic (exact) mass is 361 g/mol. The van der Waals surface area contributed by atoms with E-state index in [1.54, 1.807) is 36.4 Å². The average molecular weight is 362 g/mol. The molecular formula is C16H12ClN3O3S. The Morgan fingerprint density at radius 3 is 2.58 bits per heavy atom. The van der Waals surface area contributed by atoms with Crippen LogP contribution >= 0.6 is 23.8 Å². The SMILES string of the molecule is O=C(/C=C/c1ccc(Cl)cc1)NC(=S)Nc1cccc([N+](=O)[O-])c1. The van der Waals surface area contributed by atoms with E-state index in [1.165, 1.54) is 24.3 Å². The van der Waals surface area contributed by atoms with Gasteiger partial charge in [-0.25, -0.2) is 0 Å². The maximum absolute atomic E-state index is 11.8. The van der Waals surface area contributed by atoms with Crippen molar-refractivity contribution in [3.05, 3.63) is 75.3 Å². The van der Waals surface area contributed by atoms with E-state index in [0.717, 1.165) is 5.56 Å². The number of amides is 1. The Hall–Kier alpha value is -2.77. The number of carbonyl (C=O) groups is 1. The number of thiocarbonyl (C=S) groups is 1. The summed E-state index contributed by atoms with van der Waals surface area (Å²) in [6.07, 6.45) is 2.94. The van der Waals surface area contributed by atoms with Crippen molar-refractivity contribution >= 4 is 52.3 Å². The predicted molar refractivity (Wildman–Crippen MR) is 97.9 cm³/mol. The van der Waals surface area contributed by atoms with Crippen LogP contribution in [0.1, 0.15) is 5.56 Å². The Kier molecular flexibility index (Phi) is 6.00. The van der Waals surface area contributed by atoms with E-state index in [0.29, 0.717) is 10.7 Å². The molecule has 122 valence electrons. The van der Waals surface area contributed by atoms with Gasteiger partial charge in [0.25, 0.3) is 5.69 Å². The summed E-state index contributed by atoms with van der Waals surface area (Å²) in [5.74, 6) is -0.423. The maximum atomic E-state index is 11.8. The molecule has 0 saturated carbocycles. The number of nitro groups is 1. The van der Waals surface area contributed by atoms with Crippen LogP contribution in [0.2, 0.25) is 5.02 Å². The van der Waals surface area contributed by atoms with Crippen molar-refractivity contribution in [2.75, 3.05) is 5.32 Å². The molecule has 0 aliphatic heterocycles. The summed E-state index contributed by atoms with van der Waals surface area (Å²) in [5, 5.41) is 16.5. The van der Waals surface area contributed by atoms with Crippen LogP contribution in [0.3, 0.4) is 0 Å². The summed E-state index contributed by atoms with van der Waals surface area (Å²) in [7, 11) is 0. The molecule has 0 bridgehead atoms. The van der Waals surface area contributed by atoms with Crippen molar-refractivity contribution in [2.45, 2.75) is 0 Å². The van der Waals surface area contributed by atoms with E-state index in [1.807, 2.05) is 0 Å². The predicted octanol–water partition coefficient (Wildman–Crippen LogP) is 3.77. The third kappa shape index (κ3) is 5.45. The summed E-state index contributed by atoms with van der Waals surface area (Å²) in [5.41, 5.74) is 1.15. The van der Waals surface area contributed by atoms with Crippen molar-refractivity contribution in [3.63, 3.8) is 0 Å². The van der Waals surface area contributed by atoms with Gasteiger partial charge >= 0.3 is 0 Å². The Morgan fingerprint density at radius 2 is 1.92 bits per heavy atom. The smallest absolute Gasteiger partial charge is 0.271 e. The van der Waals surface area contributed by atoms with Crippen LogP contribution in [0.5, 0.6) is 0 Å². The van der Waals surface area contributed by atoms with E-state index in [4.69, 9.17) is 23.8 Å². The molecule has 6 nitrogen and oxygen atoms in total. The fourth-order valence-corrected chi connectivity index (χ4v) is 2.10. The minimum Gasteiger partial charge on any atom is -0.332 e. The second kappa shape index (κ2) is 8.19. The molecule has 0 spiro atoms. The van der Waals surface area contributed by atoms with E-state index in [9.17, 15) is 14.9 Å². The lowest BCUT2D eigenvalue weighted by atomic mass is 10.2. The summed E-state index contributed by atoms with van der Waals surface area (Å²) in [4.78, 5) is 22.0. The standard InChI is InChI=1S/C16H12ClN3O3S/c17-12-7-4-11(5-8-12)6-9-15(21)19-16(24)18-13-2-1-3-14(10-13)20(22)23/h1-10H,(H2,18,19,21,24)/b9-6+.